The van der Waals surface area contributed by atoms with Gasteiger partial charge in [0.05, 0.1) is 17.8 Å². The van der Waals surface area contributed by atoms with Gasteiger partial charge in [-0.3, -0.25) is 9.89 Å². The van der Waals surface area contributed by atoms with Crippen LogP contribution in [0.1, 0.15) is 16.1 Å². The molecule has 1 aromatic carbocycles. The number of H-pyrrole nitrogens is 1. The summed E-state index contributed by atoms with van der Waals surface area (Å²) < 4.78 is 13.3. The number of amides is 1. The second-order valence-electron chi connectivity index (χ2n) is 3.50. The van der Waals surface area contributed by atoms with Crippen molar-refractivity contribution in [3.63, 3.8) is 0 Å². The Morgan fingerprint density at radius 3 is 3.00 bits per heavy atom. The first-order valence-corrected chi connectivity index (χ1v) is 4.98. The number of nitrogen functional groups attached to an aromatic ring is 1. The van der Waals surface area contributed by atoms with Crippen molar-refractivity contribution in [3.8, 4) is 0 Å². The summed E-state index contributed by atoms with van der Waals surface area (Å²) in [4.78, 5) is 11.7. The van der Waals surface area contributed by atoms with Gasteiger partial charge in [0.25, 0.3) is 5.91 Å². The molecule has 0 saturated heterocycles. The van der Waals surface area contributed by atoms with Crippen molar-refractivity contribution in [1.82, 2.24) is 15.5 Å². The Bertz CT molecular complexity index is 524. The second-order valence-corrected chi connectivity index (χ2v) is 3.50. The Hall–Kier alpha value is -2.37. The average molecular weight is 234 g/mol. The molecule has 0 fully saturated rings. The number of anilines is 1. The van der Waals surface area contributed by atoms with E-state index in [4.69, 9.17) is 5.73 Å². The standard InChI is InChI=1S/C11H11FN4O/c12-10-2-1-7(13)5-9(10)11(17)14-6-8-3-4-15-16-8/h1-5H,6,13H2,(H,14,17)(H,15,16). The Morgan fingerprint density at radius 1 is 1.47 bits per heavy atom. The van der Waals surface area contributed by atoms with Gasteiger partial charge in [-0.25, -0.2) is 4.39 Å². The lowest BCUT2D eigenvalue weighted by atomic mass is 10.1. The summed E-state index contributed by atoms with van der Waals surface area (Å²) >= 11 is 0. The monoisotopic (exact) mass is 234 g/mol. The molecule has 0 bridgehead atoms. The van der Waals surface area contributed by atoms with Crippen LogP contribution in [0, 0.1) is 5.82 Å². The fourth-order valence-electron chi connectivity index (χ4n) is 1.37. The van der Waals surface area contributed by atoms with Crippen LogP contribution in [0.15, 0.2) is 30.5 Å². The highest BCUT2D eigenvalue weighted by atomic mass is 19.1. The zero-order valence-corrected chi connectivity index (χ0v) is 8.90. The maximum atomic E-state index is 13.3. The minimum absolute atomic E-state index is 0.0653. The molecule has 0 atom stereocenters. The molecule has 4 N–H and O–H groups in total. The highest BCUT2D eigenvalue weighted by Crippen LogP contribution is 2.11. The topological polar surface area (TPSA) is 83.8 Å². The molecule has 6 heteroatoms. The number of carbonyl (C=O) groups is 1. The van der Waals surface area contributed by atoms with Crippen molar-refractivity contribution in [2.24, 2.45) is 0 Å². The molecule has 17 heavy (non-hydrogen) atoms. The minimum Gasteiger partial charge on any atom is -0.399 e. The Morgan fingerprint density at radius 2 is 2.29 bits per heavy atom. The molecule has 0 unspecified atom stereocenters. The number of aromatic nitrogens is 2. The number of hydrogen-bond donors (Lipinski definition) is 3. The van der Waals surface area contributed by atoms with E-state index in [-0.39, 0.29) is 12.1 Å². The first kappa shape index (κ1) is 11.1. The highest BCUT2D eigenvalue weighted by molar-refractivity contribution is 5.95. The molecule has 2 rings (SSSR count). The van der Waals surface area contributed by atoms with Crippen LogP contribution in [0.5, 0.6) is 0 Å². The number of carbonyl (C=O) groups excluding carboxylic acids is 1. The quantitative estimate of drug-likeness (QED) is 0.694. The molecule has 0 saturated carbocycles. The zero-order valence-electron chi connectivity index (χ0n) is 8.90. The molecule has 88 valence electrons. The van der Waals surface area contributed by atoms with Gasteiger partial charge >= 0.3 is 0 Å². The van der Waals surface area contributed by atoms with Crippen molar-refractivity contribution in [1.29, 1.82) is 0 Å². The fourth-order valence-corrected chi connectivity index (χ4v) is 1.37. The average Bonchev–Trinajstić information content (AvgIpc) is 2.82. The molecule has 0 aliphatic carbocycles. The maximum Gasteiger partial charge on any atom is 0.254 e. The smallest absolute Gasteiger partial charge is 0.254 e. The third-order valence-electron chi connectivity index (χ3n) is 2.23. The Labute approximate surface area is 96.8 Å². The van der Waals surface area contributed by atoms with Crippen LogP contribution in [0.3, 0.4) is 0 Å². The normalized spacial score (nSPS) is 10.2. The number of nitrogens with one attached hydrogen (secondary N) is 2. The van der Waals surface area contributed by atoms with E-state index in [1.165, 1.54) is 18.2 Å². The summed E-state index contributed by atoms with van der Waals surface area (Å²) in [5.74, 6) is -1.11. The fraction of sp³-hybridized carbons (Fsp3) is 0.0909. The van der Waals surface area contributed by atoms with Gasteiger partial charge in [-0.1, -0.05) is 0 Å². The van der Waals surface area contributed by atoms with E-state index in [0.717, 1.165) is 5.69 Å². The van der Waals surface area contributed by atoms with E-state index in [2.05, 4.69) is 15.5 Å². The van der Waals surface area contributed by atoms with Crippen molar-refractivity contribution in [2.75, 3.05) is 5.73 Å². The summed E-state index contributed by atoms with van der Waals surface area (Å²) in [5.41, 5.74) is 6.51. The first-order valence-electron chi connectivity index (χ1n) is 4.98. The van der Waals surface area contributed by atoms with Gasteiger partial charge in [0.15, 0.2) is 0 Å². The van der Waals surface area contributed by atoms with E-state index < -0.39 is 11.7 Å². The predicted molar refractivity (Wildman–Crippen MR) is 60.6 cm³/mol. The lowest BCUT2D eigenvalue weighted by molar-refractivity contribution is 0.0946. The number of rotatable bonds is 3. The van der Waals surface area contributed by atoms with Crippen LogP contribution in [-0.2, 0) is 6.54 Å². The van der Waals surface area contributed by atoms with E-state index >= 15 is 0 Å². The SMILES string of the molecule is Nc1ccc(F)c(C(=O)NCc2ccn[nH]2)c1. The van der Waals surface area contributed by atoms with Gasteiger partial charge < -0.3 is 11.1 Å². The molecule has 1 heterocycles. The van der Waals surface area contributed by atoms with Crippen molar-refractivity contribution in [2.45, 2.75) is 6.54 Å². The van der Waals surface area contributed by atoms with E-state index in [9.17, 15) is 9.18 Å². The summed E-state index contributed by atoms with van der Waals surface area (Å²) in [6, 6.07) is 5.59. The zero-order chi connectivity index (χ0) is 12.3. The molecule has 1 aromatic heterocycles. The van der Waals surface area contributed by atoms with Gasteiger partial charge in [-0.05, 0) is 24.3 Å². The van der Waals surface area contributed by atoms with Crippen LogP contribution < -0.4 is 11.1 Å². The molecule has 5 nitrogen and oxygen atoms in total. The highest BCUT2D eigenvalue weighted by Gasteiger charge is 2.11. The largest absolute Gasteiger partial charge is 0.399 e. The number of halogens is 1. The van der Waals surface area contributed by atoms with Crippen molar-refractivity contribution in [3.05, 3.63) is 47.5 Å². The van der Waals surface area contributed by atoms with Gasteiger partial charge in [0.2, 0.25) is 0 Å². The number of nitrogens with two attached hydrogens (primary N) is 1. The van der Waals surface area contributed by atoms with E-state index in [0.29, 0.717) is 5.69 Å². The summed E-state index contributed by atoms with van der Waals surface area (Å²) in [6.45, 7) is 0.257. The summed E-state index contributed by atoms with van der Waals surface area (Å²) in [7, 11) is 0. The van der Waals surface area contributed by atoms with E-state index in [1.807, 2.05) is 0 Å². The first-order chi connectivity index (χ1) is 8.16. The van der Waals surface area contributed by atoms with E-state index in [1.54, 1.807) is 12.3 Å². The molecule has 1 amide bonds. The predicted octanol–water partition coefficient (Wildman–Crippen LogP) is 1.06. The second kappa shape index (κ2) is 4.65. The minimum atomic E-state index is -0.596. The maximum absolute atomic E-state index is 13.3. The number of nitrogens with zero attached hydrogens (tertiary/aromatic N) is 1. The van der Waals surface area contributed by atoms with Crippen LogP contribution in [0.2, 0.25) is 0 Å². The number of aromatic amines is 1. The molecule has 0 spiro atoms. The lowest BCUT2D eigenvalue weighted by Gasteiger charge is -2.05. The van der Waals surface area contributed by atoms with Crippen LogP contribution in [-0.4, -0.2) is 16.1 Å². The van der Waals surface area contributed by atoms with Gasteiger partial charge in [-0.2, -0.15) is 5.10 Å². The lowest BCUT2D eigenvalue weighted by Crippen LogP contribution is -2.24. The molecular weight excluding hydrogens is 223 g/mol. The van der Waals surface area contributed by atoms with Crippen LogP contribution in [0.4, 0.5) is 10.1 Å². The van der Waals surface area contributed by atoms with Gasteiger partial charge in [0.1, 0.15) is 5.82 Å². The summed E-state index contributed by atoms with van der Waals surface area (Å²) in [6.07, 6.45) is 1.57. The molecule has 2 aromatic rings. The molecule has 0 aliphatic rings. The van der Waals surface area contributed by atoms with Crippen LogP contribution in [0.25, 0.3) is 0 Å². The molecule has 0 aliphatic heterocycles. The Kier molecular flexibility index (Phi) is 3.04. The van der Waals surface area contributed by atoms with Gasteiger partial charge in [0, 0.05) is 11.9 Å². The summed E-state index contributed by atoms with van der Waals surface area (Å²) in [5, 5.41) is 8.98. The third kappa shape index (κ3) is 2.60. The van der Waals surface area contributed by atoms with Crippen molar-refractivity contribution >= 4 is 11.6 Å². The van der Waals surface area contributed by atoms with Crippen LogP contribution >= 0.6 is 0 Å². The van der Waals surface area contributed by atoms with Gasteiger partial charge in [-0.15, -0.1) is 0 Å². The Balaban J connectivity index is 2.07. The third-order valence-corrected chi connectivity index (χ3v) is 2.23. The van der Waals surface area contributed by atoms with Crippen molar-refractivity contribution < 1.29 is 9.18 Å². The molecule has 0 radical (unpaired) electrons. The number of hydrogen-bond acceptors (Lipinski definition) is 3. The number of benzene rings is 1. The molecular formula is C11H11FN4O.